The van der Waals surface area contributed by atoms with Gasteiger partial charge in [0, 0.05) is 5.39 Å². The Morgan fingerprint density at radius 1 is 1.00 bits per heavy atom. The van der Waals surface area contributed by atoms with Gasteiger partial charge in [-0.05, 0) is 11.5 Å². The van der Waals surface area contributed by atoms with Gasteiger partial charge in [0.05, 0.1) is 11.1 Å². The van der Waals surface area contributed by atoms with Crippen LogP contribution in [-0.4, -0.2) is 0 Å². The molecule has 16 heavy (non-hydrogen) atoms. The smallest absolute Gasteiger partial charge is 0.192 e. The van der Waals surface area contributed by atoms with E-state index in [1.165, 1.54) is 12.1 Å². The van der Waals surface area contributed by atoms with Crippen molar-refractivity contribution in [2.75, 3.05) is 0 Å². The highest BCUT2D eigenvalue weighted by molar-refractivity contribution is 5.89. The van der Waals surface area contributed by atoms with Crippen molar-refractivity contribution in [1.29, 1.82) is 5.26 Å². The van der Waals surface area contributed by atoms with Crippen molar-refractivity contribution in [2.45, 2.75) is 6.18 Å². The first-order valence-electron chi connectivity index (χ1n) is 4.53. The third-order valence-corrected chi connectivity index (χ3v) is 2.35. The van der Waals surface area contributed by atoms with E-state index in [0.29, 0.717) is 10.8 Å². The summed E-state index contributed by atoms with van der Waals surface area (Å²) < 4.78 is 37.8. The van der Waals surface area contributed by atoms with E-state index >= 15 is 0 Å². The van der Waals surface area contributed by atoms with Crippen molar-refractivity contribution >= 4 is 10.8 Å². The number of nitriles is 1. The first kappa shape index (κ1) is 10.5. The second kappa shape index (κ2) is 3.53. The fourth-order valence-electron chi connectivity index (χ4n) is 1.63. The van der Waals surface area contributed by atoms with Gasteiger partial charge in [-0.3, -0.25) is 0 Å². The van der Waals surface area contributed by atoms with Crippen molar-refractivity contribution in [3.63, 3.8) is 0 Å². The van der Waals surface area contributed by atoms with Crippen molar-refractivity contribution < 1.29 is 13.2 Å². The van der Waals surface area contributed by atoms with Crippen LogP contribution in [0, 0.1) is 11.3 Å². The van der Waals surface area contributed by atoms with Gasteiger partial charge in [0.15, 0.2) is 0 Å². The molecule has 1 nitrogen and oxygen atoms in total. The van der Waals surface area contributed by atoms with E-state index in [1.807, 2.05) is 0 Å². The lowest BCUT2D eigenvalue weighted by atomic mass is 9.99. The van der Waals surface area contributed by atoms with Gasteiger partial charge in [0.2, 0.25) is 0 Å². The zero-order valence-electron chi connectivity index (χ0n) is 8.05. The quantitative estimate of drug-likeness (QED) is 0.664. The molecule has 0 aliphatic rings. The van der Waals surface area contributed by atoms with Gasteiger partial charge in [-0.25, -0.2) is 0 Å². The first-order chi connectivity index (χ1) is 7.54. The molecule has 0 amide bonds. The molecule has 0 unspecified atom stereocenters. The van der Waals surface area contributed by atoms with Gasteiger partial charge in [0.1, 0.15) is 6.07 Å². The SMILES string of the molecule is N#Cc1c(C(F)(F)F)ccc2ccccc12. The van der Waals surface area contributed by atoms with Crippen LogP contribution in [0.4, 0.5) is 13.2 Å². The van der Waals surface area contributed by atoms with Crippen molar-refractivity contribution in [3.05, 3.63) is 47.5 Å². The summed E-state index contributed by atoms with van der Waals surface area (Å²) in [5.41, 5.74) is -1.20. The molecule has 2 rings (SSSR count). The lowest BCUT2D eigenvalue weighted by Gasteiger charge is -2.10. The van der Waals surface area contributed by atoms with Gasteiger partial charge in [-0.1, -0.05) is 30.3 Å². The van der Waals surface area contributed by atoms with E-state index in [1.54, 1.807) is 24.3 Å². The molecule has 4 heteroatoms. The van der Waals surface area contributed by atoms with Crippen LogP contribution in [0.15, 0.2) is 36.4 Å². The summed E-state index contributed by atoms with van der Waals surface area (Å²) in [4.78, 5) is 0. The van der Waals surface area contributed by atoms with Gasteiger partial charge < -0.3 is 0 Å². The molecular weight excluding hydrogens is 215 g/mol. The number of benzene rings is 2. The molecule has 0 aliphatic carbocycles. The lowest BCUT2D eigenvalue weighted by molar-refractivity contribution is -0.137. The Labute approximate surface area is 89.7 Å². The van der Waals surface area contributed by atoms with Crippen LogP contribution in [0.1, 0.15) is 11.1 Å². The Bertz CT molecular complexity index is 579. The number of hydrogen-bond acceptors (Lipinski definition) is 1. The van der Waals surface area contributed by atoms with Crippen LogP contribution < -0.4 is 0 Å². The highest BCUT2D eigenvalue weighted by Crippen LogP contribution is 2.34. The minimum absolute atomic E-state index is 0.314. The summed E-state index contributed by atoms with van der Waals surface area (Å²) in [5, 5.41) is 9.79. The molecule has 0 aliphatic heterocycles. The maximum Gasteiger partial charge on any atom is 0.417 e. The molecule has 0 saturated carbocycles. The maximum absolute atomic E-state index is 12.6. The Balaban J connectivity index is 2.85. The molecule has 0 fully saturated rings. The van der Waals surface area contributed by atoms with Crippen LogP contribution in [0.3, 0.4) is 0 Å². The third-order valence-electron chi connectivity index (χ3n) is 2.35. The van der Waals surface area contributed by atoms with Crippen molar-refractivity contribution in [1.82, 2.24) is 0 Å². The zero-order valence-corrected chi connectivity index (χ0v) is 8.05. The number of nitrogens with zero attached hydrogens (tertiary/aromatic N) is 1. The predicted molar refractivity (Wildman–Crippen MR) is 53.7 cm³/mol. The van der Waals surface area contributed by atoms with Crippen LogP contribution in [0.5, 0.6) is 0 Å². The average Bonchev–Trinajstić information content (AvgIpc) is 2.26. The minimum Gasteiger partial charge on any atom is -0.192 e. The van der Waals surface area contributed by atoms with Crippen LogP contribution in [0.25, 0.3) is 10.8 Å². The van der Waals surface area contributed by atoms with Crippen molar-refractivity contribution in [3.8, 4) is 6.07 Å². The Hall–Kier alpha value is -2.02. The normalized spacial score (nSPS) is 11.4. The molecule has 0 heterocycles. The highest BCUT2D eigenvalue weighted by atomic mass is 19.4. The molecule has 80 valence electrons. The molecular formula is C12H6F3N. The maximum atomic E-state index is 12.6. The molecule has 0 atom stereocenters. The van der Waals surface area contributed by atoms with Gasteiger partial charge in [-0.15, -0.1) is 0 Å². The summed E-state index contributed by atoms with van der Waals surface area (Å²) in [6.45, 7) is 0. The topological polar surface area (TPSA) is 23.8 Å². The summed E-state index contributed by atoms with van der Waals surface area (Å²) in [5.74, 6) is 0. The van der Waals surface area contributed by atoms with Gasteiger partial charge in [-0.2, -0.15) is 18.4 Å². The predicted octanol–water partition coefficient (Wildman–Crippen LogP) is 3.73. The second-order valence-electron chi connectivity index (χ2n) is 3.32. The molecule has 0 N–H and O–H groups in total. The zero-order chi connectivity index (χ0) is 11.8. The number of alkyl halides is 3. The summed E-state index contributed by atoms with van der Waals surface area (Å²) in [7, 11) is 0. The number of halogens is 3. The number of fused-ring (bicyclic) bond motifs is 1. The van der Waals surface area contributed by atoms with Crippen LogP contribution in [-0.2, 0) is 6.18 Å². The molecule has 0 saturated heterocycles. The van der Waals surface area contributed by atoms with E-state index < -0.39 is 11.7 Å². The number of rotatable bonds is 0. The highest BCUT2D eigenvalue weighted by Gasteiger charge is 2.34. The Morgan fingerprint density at radius 3 is 2.31 bits per heavy atom. The van der Waals surface area contributed by atoms with E-state index in [9.17, 15) is 13.2 Å². The Kier molecular flexibility index (Phi) is 2.31. The standard InChI is InChI=1S/C12H6F3N/c13-12(14,15)11-6-5-8-3-1-2-4-9(8)10(11)7-16/h1-6H. The van der Waals surface area contributed by atoms with Crippen LogP contribution >= 0.6 is 0 Å². The third kappa shape index (κ3) is 1.61. The summed E-state index contributed by atoms with van der Waals surface area (Å²) in [6.07, 6.45) is -4.49. The molecule has 0 bridgehead atoms. The molecule has 0 aromatic heterocycles. The van der Waals surface area contributed by atoms with Gasteiger partial charge >= 0.3 is 6.18 Å². The van der Waals surface area contributed by atoms with E-state index in [4.69, 9.17) is 5.26 Å². The van der Waals surface area contributed by atoms with Crippen molar-refractivity contribution in [2.24, 2.45) is 0 Å². The first-order valence-corrected chi connectivity index (χ1v) is 4.53. The number of hydrogen-bond donors (Lipinski definition) is 0. The monoisotopic (exact) mass is 221 g/mol. The fraction of sp³-hybridized carbons (Fsp3) is 0.0833. The van der Waals surface area contributed by atoms with Gasteiger partial charge in [0.25, 0.3) is 0 Å². The molecule has 0 spiro atoms. The van der Waals surface area contributed by atoms with E-state index in [0.717, 1.165) is 6.07 Å². The fourth-order valence-corrected chi connectivity index (χ4v) is 1.63. The summed E-state index contributed by atoms with van der Waals surface area (Å²) >= 11 is 0. The van der Waals surface area contributed by atoms with E-state index in [2.05, 4.69) is 0 Å². The van der Waals surface area contributed by atoms with E-state index in [-0.39, 0.29) is 5.56 Å². The summed E-state index contributed by atoms with van der Waals surface area (Å²) in [6, 6.07) is 10.5. The van der Waals surface area contributed by atoms with Crippen LogP contribution in [0.2, 0.25) is 0 Å². The second-order valence-corrected chi connectivity index (χ2v) is 3.32. The molecule has 0 radical (unpaired) electrons. The lowest BCUT2D eigenvalue weighted by Crippen LogP contribution is -2.07. The molecule has 2 aromatic carbocycles. The molecule has 2 aromatic rings. The Morgan fingerprint density at radius 2 is 1.69 bits per heavy atom. The minimum atomic E-state index is -4.49. The average molecular weight is 221 g/mol. The largest absolute Gasteiger partial charge is 0.417 e.